The smallest absolute Gasteiger partial charge is 0.341 e. The first-order valence-electron chi connectivity index (χ1n) is 11.5. The number of nitrogens with one attached hydrogen (secondary N) is 1. The van der Waals surface area contributed by atoms with Gasteiger partial charge in [0.05, 0.1) is 5.69 Å². The second kappa shape index (κ2) is 11.7. The molecular formula is C27H29F2N5O3. The number of allylic oxidation sites excluding steroid dienone is 1. The quantitative estimate of drug-likeness (QED) is 0.423. The lowest BCUT2D eigenvalue weighted by molar-refractivity contribution is -0.120. The first-order chi connectivity index (χ1) is 17.5. The average Bonchev–Trinajstić information content (AvgIpc) is 2.98. The molecule has 0 saturated carbocycles. The van der Waals surface area contributed by atoms with Gasteiger partial charge in [-0.05, 0) is 55.4 Å². The Morgan fingerprint density at radius 3 is 2.73 bits per heavy atom. The summed E-state index contributed by atoms with van der Waals surface area (Å²) in [6.07, 6.45) is 2.32. The summed E-state index contributed by atoms with van der Waals surface area (Å²) in [5.74, 6) is 4.81. The van der Waals surface area contributed by atoms with Crippen LogP contribution in [0.2, 0.25) is 0 Å². The number of rotatable bonds is 5. The Bertz CT molecular complexity index is 1310. The van der Waals surface area contributed by atoms with Gasteiger partial charge in [-0.1, -0.05) is 17.9 Å². The maximum absolute atomic E-state index is 13.9. The standard InChI is InChI=1S/C27H29F2N5O3/c1-27(2,16-31)9-8-17-4-7-24-23(11-17)34(3)25(35)22(15-37-24)33-26(36)32-14-18(13-30)10-19-5-6-20(28)12-21(19)29/h4-7,11-14,22H,10,15-16,30-31H2,1-3H3,(H,33,36)/b18-13-,32-14+/t22-/m0/s1. The molecule has 8 nitrogen and oxygen atoms in total. The van der Waals surface area contributed by atoms with E-state index >= 15 is 0 Å². The molecule has 1 aliphatic rings. The van der Waals surface area contributed by atoms with Crippen molar-refractivity contribution in [2.45, 2.75) is 26.3 Å². The number of amides is 3. The molecule has 0 radical (unpaired) electrons. The summed E-state index contributed by atoms with van der Waals surface area (Å²) in [5, 5.41) is 2.52. The number of hydrogen-bond donors (Lipinski definition) is 3. The van der Waals surface area contributed by atoms with Gasteiger partial charge in [-0.15, -0.1) is 0 Å². The molecule has 0 fully saturated rings. The molecule has 37 heavy (non-hydrogen) atoms. The van der Waals surface area contributed by atoms with Gasteiger partial charge in [-0.25, -0.2) is 18.6 Å². The molecule has 0 aromatic heterocycles. The van der Waals surface area contributed by atoms with Gasteiger partial charge >= 0.3 is 6.03 Å². The molecule has 5 N–H and O–H groups in total. The lowest BCUT2D eigenvalue weighted by Gasteiger charge is -2.20. The molecule has 0 spiro atoms. The van der Waals surface area contributed by atoms with Gasteiger partial charge < -0.3 is 26.4 Å². The number of ether oxygens (including phenoxy) is 1. The van der Waals surface area contributed by atoms with Gasteiger partial charge in [0.15, 0.2) is 0 Å². The van der Waals surface area contributed by atoms with Crippen LogP contribution in [0.3, 0.4) is 0 Å². The number of likely N-dealkylation sites (N-methyl/N-ethyl adjacent to an activating group) is 1. The third kappa shape index (κ3) is 7.15. The molecule has 0 unspecified atom stereocenters. The Balaban J connectivity index is 1.68. The normalized spacial score (nSPS) is 15.9. The summed E-state index contributed by atoms with van der Waals surface area (Å²) in [7, 11) is 1.58. The highest BCUT2D eigenvalue weighted by molar-refractivity contribution is 6.01. The third-order valence-corrected chi connectivity index (χ3v) is 5.68. The van der Waals surface area contributed by atoms with Crippen LogP contribution in [-0.4, -0.2) is 44.4 Å². The van der Waals surface area contributed by atoms with Crippen LogP contribution in [0.25, 0.3) is 0 Å². The van der Waals surface area contributed by atoms with E-state index in [1.54, 1.807) is 25.2 Å². The van der Waals surface area contributed by atoms with Crippen molar-refractivity contribution in [1.82, 2.24) is 5.32 Å². The summed E-state index contributed by atoms with van der Waals surface area (Å²) in [6, 6.07) is 6.59. The van der Waals surface area contributed by atoms with E-state index < -0.39 is 29.6 Å². The van der Waals surface area contributed by atoms with E-state index in [0.717, 1.165) is 18.3 Å². The molecule has 10 heteroatoms. The molecule has 1 atom stereocenters. The predicted molar refractivity (Wildman–Crippen MR) is 138 cm³/mol. The summed E-state index contributed by atoms with van der Waals surface area (Å²) in [4.78, 5) is 30.6. The monoisotopic (exact) mass is 509 g/mol. The van der Waals surface area contributed by atoms with E-state index in [0.29, 0.717) is 29.1 Å². The zero-order valence-electron chi connectivity index (χ0n) is 20.8. The summed E-state index contributed by atoms with van der Waals surface area (Å²) >= 11 is 0. The predicted octanol–water partition coefficient (Wildman–Crippen LogP) is 2.89. The minimum atomic E-state index is -1.01. The van der Waals surface area contributed by atoms with Crippen molar-refractivity contribution in [3.8, 4) is 17.6 Å². The molecule has 194 valence electrons. The van der Waals surface area contributed by atoms with Crippen LogP contribution >= 0.6 is 0 Å². The largest absolute Gasteiger partial charge is 0.489 e. The maximum Gasteiger partial charge on any atom is 0.341 e. The number of hydrogen-bond acceptors (Lipinski definition) is 5. The molecule has 3 amide bonds. The molecule has 0 aliphatic carbocycles. The summed E-state index contributed by atoms with van der Waals surface area (Å²) < 4.78 is 32.8. The lowest BCUT2D eigenvalue weighted by atomic mass is 9.94. The number of carbonyl (C=O) groups excluding carboxylic acids is 2. The van der Waals surface area contributed by atoms with Crippen molar-refractivity contribution in [1.29, 1.82) is 0 Å². The van der Waals surface area contributed by atoms with Crippen molar-refractivity contribution in [2.24, 2.45) is 21.9 Å². The van der Waals surface area contributed by atoms with E-state index in [-0.39, 0.29) is 24.0 Å². The van der Waals surface area contributed by atoms with Crippen LogP contribution in [-0.2, 0) is 11.2 Å². The number of nitrogens with two attached hydrogens (primary N) is 2. The maximum atomic E-state index is 13.9. The molecule has 2 aromatic carbocycles. The lowest BCUT2D eigenvalue weighted by Crippen LogP contribution is -2.48. The summed E-state index contributed by atoms with van der Waals surface area (Å²) in [5.41, 5.74) is 12.7. The topological polar surface area (TPSA) is 123 Å². The first-order valence-corrected chi connectivity index (χ1v) is 11.5. The number of halogens is 2. The average molecular weight is 510 g/mol. The van der Waals surface area contributed by atoms with Crippen LogP contribution in [0, 0.1) is 28.9 Å². The van der Waals surface area contributed by atoms with Crippen molar-refractivity contribution < 1.29 is 23.1 Å². The van der Waals surface area contributed by atoms with E-state index in [2.05, 4.69) is 22.2 Å². The second-order valence-corrected chi connectivity index (χ2v) is 9.14. The summed E-state index contributed by atoms with van der Waals surface area (Å²) in [6.45, 7) is 4.17. The molecule has 1 aliphatic heterocycles. The number of benzene rings is 2. The zero-order valence-corrected chi connectivity index (χ0v) is 20.8. The number of anilines is 1. The highest BCUT2D eigenvalue weighted by Gasteiger charge is 2.30. The fraction of sp³-hybridized carbons (Fsp3) is 0.296. The molecule has 0 bridgehead atoms. The van der Waals surface area contributed by atoms with Gasteiger partial charge in [0, 0.05) is 43.3 Å². The highest BCUT2D eigenvalue weighted by Crippen LogP contribution is 2.31. The van der Waals surface area contributed by atoms with Crippen molar-refractivity contribution >= 4 is 23.8 Å². The van der Waals surface area contributed by atoms with Crippen molar-refractivity contribution in [3.05, 3.63) is 70.9 Å². The van der Waals surface area contributed by atoms with E-state index in [9.17, 15) is 18.4 Å². The van der Waals surface area contributed by atoms with Gasteiger partial charge in [0.1, 0.15) is 30.0 Å². The van der Waals surface area contributed by atoms with Crippen LogP contribution < -0.4 is 26.4 Å². The van der Waals surface area contributed by atoms with Gasteiger partial charge in [0.2, 0.25) is 0 Å². The SMILES string of the molecule is CN1C(=O)[C@@H](NC(=O)/N=C/C(=C\N)Cc2ccc(F)cc2F)COc2ccc(C#CC(C)(C)CN)cc21. The molecule has 1 heterocycles. The van der Waals surface area contributed by atoms with Crippen LogP contribution in [0.4, 0.5) is 19.3 Å². The number of fused-ring (bicyclic) bond motifs is 1. The van der Waals surface area contributed by atoms with Crippen LogP contribution in [0.15, 0.2) is 53.2 Å². The van der Waals surface area contributed by atoms with E-state index in [1.807, 2.05) is 13.8 Å². The molecular weight excluding hydrogens is 480 g/mol. The van der Waals surface area contributed by atoms with Gasteiger partial charge in [-0.3, -0.25) is 4.79 Å². The second-order valence-electron chi connectivity index (χ2n) is 9.14. The van der Waals surface area contributed by atoms with Gasteiger partial charge in [0.25, 0.3) is 5.91 Å². The minimum absolute atomic E-state index is 0.00337. The van der Waals surface area contributed by atoms with E-state index in [4.69, 9.17) is 16.2 Å². The number of nitrogens with zero attached hydrogens (tertiary/aromatic N) is 2. The fourth-order valence-electron chi connectivity index (χ4n) is 3.33. The highest BCUT2D eigenvalue weighted by atomic mass is 19.1. The molecule has 0 saturated heterocycles. The molecule has 3 rings (SSSR count). The third-order valence-electron chi connectivity index (χ3n) is 5.68. The fourth-order valence-corrected chi connectivity index (χ4v) is 3.33. The van der Waals surface area contributed by atoms with Crippen molar-refractivity contribution in [2.75, 3.05) is 25.1 Å². The van der Waals surface area contributed by atoms with Gasteiger partial charge in [-0.2, -0.15) is 0 Å². The Labute approximate surface area is 214 Å². The van der Waals surface area contributed by atoms with Crippen LogP contribution in [0.5, 0.6) is 5.75 Å². The Hall–Kier alpha value is -4.23. The Morgan fingerprint density at radius 1 is 1.30 bits per heavy atom. The number of aliphatic imine (C=N–C) groups is 1. The van der Waals surface area contributed by atoms with Crippen molar-refractivity contribution in [3.63, 3.8) is 0 Å². The zero-order chi connectivity index (χ0) is 27.2. The number of carbonyl (C=O) groups is 2. The number of urea groups is 1. The first kappa shape index (κ1) is 27.4. The minimum Gasteiger partial charge on any atom is -0.489 e. The Morgan fingerprint density at radius 2 is 2.05 bits per heavy atom. The van der Waals surface area contributed by atoms with Crippen LogP contribution in [0.1, 0.15) is 25.0 Å². The molecule has 2 aromatic rings. The Kier molecular flexibility index (Phi) is 8.63. The van der Waals surface area contributed by atoms with E-state index in [1.165, 1.54) is 17.2 Å².